The standard InChI is InChI=1S/C20H14F3N7O2/c1-24-14-3-2-11(8-13(14)20(21,22)23)30-7-6-12-16(9-30)25-10-26-18(12)27-17-5-4-15(19(31)32)28-29-17/h2-5,8,10H,6-7,9H2,(H,31,32)(H,25,26,27,29). The van der Waals surface area contributed by atoms with Crippen molar-refractivity contribution in [2.24, 2.45) is 0 Å². The van der Waals surface area contributed by atoms with Crippen molar-refractivity contribution in [2.75, 3.05) is 16.8 Å². The Labute approximate surface area is 179 Å². The van der Waals surface area contributed by atoms with Crippen LogP contribution >= 0.6 is 0 Å². The lowest BCUT2D eigenvalue weighted by atomic mass is 10.0. The van der Waals surface area contributed by atoms with E-state index in [0.29, 0.717) is 36.0 Å². The van der Waals surface area contributed by atoms with Gasteiger partial charge in [-0.15, -0.1) is 10.2 Å². The highest BCUT2D eigenvalue weighted by Gasteiger charge is 2.34. The fourth-order valence-electron chi connectivity index (χ4n) is 3.36. The van der Waals surface area contributed by atoms with Crippen LogP contribution in [0.15, 0.2) is 36.7 Å². The first-order chi connectivity index (χ1) is 15.3. The Morgan fingerprint density at radius 3 is 2.66 bits per heavy atom. The maximum atomic E-state index is 13.3. The number of anilines is 3. The summed E-state index contributed by atoms with van der Waals surface area (Å²) in [6.07, 6.45) is -2.85. The molecule has 2 N–H and O–H groups in total. The van der Waals surface area contributed by atoms with E-state index in [0.717, 1.165) is 11.6 Å². The van der Waals surface area contributed by atoms with Gasteiger partial charge in [-0.1, -0.05) is 6.07 Å². The van der Waals surface area contributed by atoms with Gasteiger partial charge in [0.2, 0.25) is 0 Å². The van der Waals surface area contributed by atoms with Crippen LogP contribution in [0.5, 0.6) is 0 Å². The summed E-state index contributed by atoms with van der Waals surface area (Å²) in [5.74, 6) is -0.434. The van der Waals surface area contributed by atoms with Crippen LogP contribution in [0.1, 0.15) is 27.3 Å². The molecule has 0 spiro atoms. The third kappa shape index (κ3) is 4.13. The molecule has 3 aromatic rings. The molecule has 0 fully saturated rings. The average Bonchev–Trinajstić information content (AvgIpc) is 2.78. The average molecular weight is 441 g/mol. The molecule has 4 rings (SSSR count). The minimum atomic E-state index is -4.62. The highest BCUT2D eigenvalue weighted by atomic mass is 19.4. The maximum Gasteiger partial charge on any atom is 0.407 e. The van der Waals surface area contributed by atoms with Crippen LogP contribution in [-0.4, -0.2) is 37.8 Å². The van der Waals surface area contributed by atoms with Crippen molar-refractivity contribution in [1.29, 1.82) is 0 Å². The molecule has 0 aliphatic carbocycles. The number of nitrogens with one attached hydrogen (secondary N) is 1. The first kappa shape index (κ1) is 21.0. The highest BCUT2D eigenvalue weighted by Crippen LogP contribution is 2.39. The van der Waals surface area contributed by atoms with Gasteiger partial charge in [0.1, 0.15) is 12.1 Å². The van der Waals surface area contributed by atoms with Gasteiger partial charge >= 0.3 is 12.1 Å². The number of hydrogen-bond donors (Lipinski definition) is 2. The Bertz CT molecular complexity index is 1220. The zero-order chi connectivity index (χ0) is 22.9. The van der Waals surface area contributed by atoms with E-state index in [9.17, 15) is 18.0 Å². The number of carboxylic acids is 1. The van der Waals surface area contributed by atoms with Gasteiger partial charge in [0.15, 0.2) is 17.2 Å². The lowest BCUT2D eigenvalue weighted by molar-refractivity contribution is -0.136. The van der Waals surface area contributed by atoms with Gasteiger partial charge in [-0.25, -0.2) is 19.6 Å². The van der Waals surface area contributed by atoms with E-state index in [1.165, 1.54) is 30.6 Å². The van der Waals surface area contributed by atoms with E-state index in [2.05, 4.69) is 30.3 Å². The van der Waals surface area contributed by atoms with Crippen molar-refractivity contribution in [2.45, 2.75) is 19.1 Å². The second-order valence-electron chi connectivity index (χ2n) is 6.86. The van der Waals surface area contributed by atoms with Gasteiger partial charge in [-0.2, -0.15) is 13.2 Å². The Hall–Kier alpha value is -4.27. The molecule has 0 atom stereocenters. The summed E-state index contributed by atoms with van der Waals surface area (Å²) in [6, 6.07) is 6.41. The number of alkyl halides is 3. The Kier molecular flexibility index (Phi) is 5.31. The first-order valence-corrected chi connectivity index (χ1v) is 9.26. The van der Waals surface area contributed by atoms with Crippen molar-refractivity contribution in [3.05, 3.63) is 70.6 Å². The quantitative estimate of drug-likeness (QED) is 0.588. The fourth-order valence-corrected chi connectivity index (χ4v) is 3.36. The third-order valence-corrected chi connectivity index (χ3v) is 4.91. The molecule has 0 saturated heterocycles. The summed E-state index contributed by atoms with van der Waals surface area (Å²) in [5, 5.41) is 19.3. The number of aromatic nitrogens is 4. The van der Waals surface area contributed by atoms with Crippen LogP contribution < -0.4 is 10.2 Å². The second kappa shape index (κ2) is 8.10. The summed E-state index contributed by atoms with van der Waals surface area (Å²) >= 11 is 0. The lowest BCUT2D eigenvalue weighted by Crippen LogP contribution is -2.32. The summed E-state index contributed by atoms with van der Waals surface area (Å²) in [6.45, 7) is 7.64. The fraction of sp³-hybridized carbons (Fsp3) is 0.200. The van der Waals surface area contributed by atoms with Crippen LogP contribution in [0.2, 0.25) is 0 Å². The summed E-state index contributed by atoms with van der Waals surface area (Å²) < 4.78 is 39.9. The third-order valence-electron chi connectivity index (χ3n) is 4.91. The van der Waals surface area contributed by atoms with Crippen molar-refractivity contribution in [3.63, 3.8) is 0 Å². The summed E-state index contributed by atoms with van der Waals surface area (Å²) in [5.41, 5.74) is 0.150. The van der Waals surface area contributed by atoms with E-state index < -0.39 is 23.4 Å². The van der Waals surface area contributed by atoms with E-state index in [1.807, 2.05) is 0 Å². The van der Waals surface area contributed by atoms with Gasteiger partial charge in [0.05, 0.1) is 24.4 Å². The molecule has 2 aromatic heterocycles. The molecular weight excluding hydrogens is 427 g/mol. The van der Waals surface area contributed by atoms with E-state index in [4.69, 9.17) is 11.7 Å². The number of carboxylic acid groups (broad SMARTS) is 1. The highest BCUT2D eigenvalue weighted by molar-refractivity contribution is 5.85. The number of rotatable bonds is 4. The summed E-state index contributed by atoms with van der Waals surface area (Å²) in [7, 11) is 0. The zero-order valence-corrected chi connectivity index (χ0v) is 16.3. The number of fused-ring (bicyclic) bond motifs is 1. The van der Waals surface area contributed by atoms with Gasteiger partial charge in [0.25, 0.3) is 0 Å². The van der Waals surface area contributed by atoms with Crippen LogP contribution in [-0.2, 0) is 19.1 Å². The minimum Gasteiger partial charge on any atom is -0.476 e. The second-order valence-corrected chi connectivity index (χ2v) is 6.86. The van der Waals surface area contributed by atoms with Gasteiger partial charge < -0.3 is 15.3 Å². The molecule has 0 amide bonds. The normalized spacial score (nSPS) is 13.2. The van der Waals surface area contributed by atoms with Gasteiger partial charge in [-0.3, -0.25) is 0 Å². The maximum absolute atomic E-state index is 13.3. The predicted octanol–water partition coefficient (Wildman–Crippen LogP) is 3.84. The predicted molar refractivity (Wildman–Crippen MR) is 107 cm³/mol. The van der Waals surface area contributed by atoms with Crippen molar-refractivity contribution in [1.82, 2.24) is 20.2 Å². The SMILES string of the molecule is [C-]#[N+]c1ccc(N2CCc3c(ncnc3Nc3ccc(C(=O)O)nn3)C2)cc1C(F)(F)F. The monoisotopic (exact) mass is 441 g/mol. The van der Waals surface area contributed by atoms with Crippen molar-refractivity contribution in [3.8, 4) is 0 Å². The van der Waals surface area contributed by atoms with E-state index in [1.54, 1.807) is 4.90 Å². The van der Waals surface area contributed by atoms with E-state index >= 15 is 0 Å². The molecular formula is C20H14F3N7O2. The van der Waals surface area contributed by atoms with Gasteiger partial charge in [-0.05, 0) is 30.7 Å². The molecule has 1 aromatic carbocycles. The van der Waals surface area contributed by atoms with Gasteiger partial charge in [0, 0.05) is 17.8 Å². The molecule has 12 heteroatoms. The smallest absolute Gasteiger partial charge is 0.407 e. The molecule has 0 radical (unpaired) electrons. The number of hydrogen-bond acceptors (Lipinski definition) is 7. The van der Waals surface area contributed by atoms with Crippen LogP contribution in [0.3, 0.4) is 0 Å². The van der Waals surface area contributed by atoms with Crippen LogP contribution in [0.4, 0.5) is 36.2 Å². The van der Waals surface area contributed by atoms with Crippen molar-refractivity contribution >= 4 is 29.0 Å². The first-order valence-electron chi connectivity index (χ1n) is 9.26. The molecule has 0 bridgehead atoms. The summed E-state index contributed by atoms with van der Waals surface area (Å²) in [4.78, 5) is 24.1. The molecule has 0 unspecified atom stereocenters. The molecule has 0 saturated carbocycles. The van der Waals surface area contributed by atoms with E-state index in [-0.39, 0.29) is 12.2 Å². The molecule has 32 heavy (non-hydrogen) atoms. The molecule has 1 aliphatic rings. The number of halogens is 3. The number of nitrogens with zero attached hydrogens (tertiary/aromatic N) is 6. The van der Waals surface area contributed by atoms with Crippen LogP contribution in [0, 0.1) is 6.57 Å². The zero-order valence-electron chi connectivity index (χ0n) is 16.3. The lowest BCUT2D eigenvalue weighted by Gasteiger charge is -2.31. The minimum absolute atomic E-state index is 0.196. The van der Waals surface area contributed by atoms with Crippen LogP contribution in [0.25, 0.3) is 4.85 Å². The Morgan fingerprint density at radius 1 is 1.19 bits per heavy atom. The molecule has 1 aliphatic heterocycles. The number of aromatic carboxylic acids is 1. The molecule has 3 heterocycles. The molecule has 9 nitrogen and oxygen atoms in total. The Balaban J connectivity index is 1.58. The largest absolute Gasteiger partial charge is 0.476 e. The topological polar surface area (TPSA) is 108 Å². The Morgan fingerprint density at radius 2 is 2.00 bits per heavy atom. The molecule has 162 valence electrons. The number of carbonyl (C=O) groups is 1. The number of benzene rings is 1. The van der Waals surface area contributed by atoms with Crippen molar-refractivity contribution < 1.29 is 23.1 Å².